The summed E-state index contributed by atoms with van der Waals surface area (Å²) in [4.78, 5) is 0. The molecule has 1 saturated carbocycles. The number of benzene rings is 1. The van der Waals surface area contributed by atoms with E-state index in [1.54, 1.807) is 18.2 Å². The van der Waals surface area contributed by atoms with Crippen LogP contribution < -0.4 is 5.32 Å². The van der Waals surface area contributed by atoms with Gasteiger partial charge in [0.15, 0.2) is 0 Å². The Morgan fingerprint density at radius 1 is 1.40 bits per heavy atom. The van der Waals surface area contributed by atoms with Crippen LogP contribution in [-0.2, 0) is 6.42 Å². The summed E-state index contributed by atoms with van der Waals surface area (Å²) in [7, 11) is 0. The lowest BCUT2D eigenvalue weighted by Gasteiger charge is -2.11. The number of phenolic OH excluding ortho intramolecular Hbond substituents is 1. The second-order valence-electron chi connectivity index (χ2n) is 4.21. The molecule has 0 amide bonds. The summed E-state index contributed by atoms with van der Waals surface area (Å²) in [6.45, 7) is 0.639. The molecule has 0 aromatic heterocycles. The highest BCUT2D eigenvalue weighted by atomic mass is 16.3. The Labute approximate surface area is 89.8 Å². The van der Waals surface area contributed by atoms with E-state index >= 15 is 0 Å². The second-order valence-corrected chi connectivity index (χ2v) is 4.21. The molecule has 1 atom stereocenters. The highest BCUT2D eigenvalue weighted by Crippen LogP contribution is 2.18. The summed E-state index contributed by atoms with van der Waals surface area (Å²) in [6, 6.07) is 7.67. The number of rotatable bonds is 5. The maximum atomic E-state index is 9.73. The van der Waals surface area contributed by atoms with E-state index in [0.717, 1.165) is 5.56 Å². The minimum atomic E-state index is -0.368. The van der Waals surface area contributed by atoms with Crippen LogP contribution in [0.1, 0.15) is 18.4 Å². The molecule has 0 spiro atoms. The van der Waals surface area contributed by atoms with E-state index in [1.807, 2.05) is 6.07 Å². The largest absolute Gasteiger partial charge is 0.508 e. The molecule has 2 rings (SSSR count). The first-order chi connectivity index (χ1) is 7.24. The van der Waals surface area contributed by atoms with Gasteiger partial charge < -0.3 is 15.5 Å². The minimum absolute atomic E-state index is 0.259. The van der Waals surface area contributed by atoms with Gasteiger partial charge in [-0.25, -0.2) is 0 Å². The SMILES string of the molecule is Oc1cccc(CC(O)CNC2CC2)c1. The van der Waals surface area contributed by atoms with Crippen molar-refractivity contribution in [3.8, 4) is 5.75 Å². The van der Waals surface area contributed by atoms with Gasteiger partial charge in [0.1, 0.15) is 5.75 Å². The van der Waals surface area contributed by atoms with Crippen molar-refractivity contribution in [2.45, 2.75) is 31.4 Å². The van der Waals surface area contributed by atoms with Gasteiger partial charge in [-0.15, -0.1) is 0 Å². The minimum Gasteiger partial charge on any atom is -0.508 e. The lowest BCUT2D eigenvalue weighted by molar-refractivity contribution is 0.171. The Bertz CT molecular complexity index is 323. The molecule has 82 valence electrons. The Morgan fingerprint density at radius 3 is 2.87 bits per heavy atom. The Hall–Kier alpha value is -1.06. The third-order valence-corrected chi connectivity index (χ3v) is 2.60. The molecule has 3 nitrogen and oxygen atoms in total. The summed E-state index contributed by atoms with van der Waals surface area (Å²) in [5, 5.41) is 22.3. The molecule has 0 saturated heterocycles. The van der Waals surface area contributed by atoms with Crippen LogP contribution in [0.3, 0.4) is 0 Å². The molecular formula is C12H17NO2. The van der Waals surface area contributed by atoms with Gasteiger partial charge >= 0.3 is 0 Å². The van der Waals surface area contributed by atoms with E-state index < -0.39 is 0 Å². The van der Waals surface area contributed by atoms with Crippen LogP contribution in [0.5, 0.6) is 5.75 Å². The molecule has 3 heteroatoms. The number of hydrogen-bond donors (Lipinski definition) is 3. The summed E-state index contributed by atoms with van der Waals surface area (Å²) < 4.78 is 0. The summed E-state index contributed by atoms with van der Waals surface area (Å²) in [5.74, 6) is 0.259. The van der Waals surface area contributed by atoms with Crippen molar-refractivity contribution in [2.75, 3.05) is 6.54 Å². The average molecular weight is 207 g/mol. The number of phenols is 1. The van der Waals surface area contributed by atoms with E-state index in [0.29, 0.717) is 19.0 Å². The number of nitrogens with one attached hydrogen (secondary N) is 1. The molecule has 0 radical (unpaired) electrons. The van der Waals surface area contributed by atoms with Crippen molar-refractivity contribution in [3.05, 3.63) is 29.8 Å². The fourth-order valence-corrected chi connectivity index (χ4v) is 1.62. The molecule has 1 aliphatic carbocycles. The second kappa shape index (κ2) is 4.64. The third-order valence-electron chi connectivity index (χ3n) is 2.60. The molecule has 15 heavy (non-hydrogen) atoms. The number of aliphatic hydroxyl groups is 1. The normalized spacial score (nSPS) is 17.7. The molecule has 0 heterocycles. The lowest BCUT2D eigenvalue weighted by atomic mass is 10.1. The first kappa shape index (κ1) is 10.5. The Balaban J connectivity index is 1.79. The summed E-state index contributed by atoms with van der Waals surface area (Å²) >= 11 is 0. The zero-order chi connectivity index (χ0) is 10.7. The van der Waals surface area contributed by atoms with Gasteiger partial charge in [-0.3, -0.25) is 0 Å². The summed E-state index contributed by atoms with van der Waals surface area (Å²) in [5.41, 5.74) is 0.972. The van der Waals surface area contributed by atoms with E-state index in [-0.39, 0.29) is 11.9 Å². The van der Waals surface area contributed by atoms with Gasteiger partial charge in [-0.1, -0.05) is 12.1 Å². The zero-order valence-corrected chi connectivity index (χ0v) is 8.69. The van der Waals surface area contributed by atoms with Crippen LogP contribution in [0.15, 0.2) is 24.3 Å². The molecule has 3 N–H and O–H groups in total. The topological polar surface area (TPSA) is 52.5 Å². The van der Waals surface area contributed by atoms with Crippen LogP contribution >= 0.6 is 0 Å². The predicted octanol–water partition coefficient (Wildman–Crippen LogP) is 1.05. The summed E-state index contributed by atoms with van der Waals surface area (Å²) in [6.07, 6.45) is 2.69. The first-order valence-corrected chi connectivity index (χ1v) is 5.43. The van der Waals surface area contributed by atoms with E-state index in [4.69, 9.17) is 0 Å². The lowest BCUT2D eigenvalue weighted by Crippen LogP contribution is -2.29. The molecule has 1 unspecified atom stereocenters. The Morgan fingerprint density at radius 2 is 2.20 bits per heavy atom. The van der Waals surface area contributed by atoms with Gasteiger partial charge in [-0.05, 0) is 37.0 Å². The van der Waals surface area contributed by atoms with Crippen LogP contribution in [0, 0.1) is 0 Å². The molecule has 1 aromatic rings. The molecule has 1 aromatic carbocycles. The number of aliphatic hydroxyl groups excluding tert-OH is 1. The van der Waals surface area contributed by atoms with Crippen molar-refractivity contribution in [1.29, 1.82) is 0 Å². The van der Waals surface area contributed by atoms with Crippen LogP contribution in [-0.4, -0.2) is 28.9 Å². The fourth-order valence-electron chi connectivity index (χ4n) is 1.62. The number of aromatic hydroxyl groups is 1. The maximum Gasteiger partial charge on any atom is 0.115 e. The highest BCUT2D eigenvalue weighted by molar-refractivity contribution is 5.27. The average Bonchev–Trinajstić information content (AvgIpc) is 2.98. The predicted molar refractivity (Wildman–Crippen MR) is 58.8 cm³/mol. The maximum absolute atomic E-state index is 9.73. The van der Waals surface area contributed by atoms with Crippen LogP contribution in [0.4, 0.5) is 0 Å². The zero-order valence-electron chi connectivity index (χ0n) is 8.69. The number of hydrogen-bond acceptors (Lipinski definition) is 3. The van der Waals surface area contributed by atoms with Gasteiger partial charge in [0, 0.05) is 12.6 Å². The quantitative estimate of drug-likeness (QED) is 0.676. The monoisotopic (exact) mass is 207 g/mol. The Kier molecular flexibility index (Phi) is 3.23. The van der Waals surface area contributed by atoms with E-state index in [2.05, 4.69) is 5.32 Å². The molecular weight excluding hydrogens is 190 g/mol. The van der Waals surface area contributed by atoms with Crippen molar-refractivity contribution < 1.29 is 10.2 Å². The van der Waals surface area contributed by atoms with Crippen LogP contribution in [0.2, 0.25) is 0 Å². The molecule has 1 fully saturated rings. The standard InChI is InChI=1S/C12H17NO2/c14-11-3-1-2-9(6-11)7-12(15)8-13-10-4-5-10/h1-3,6,10,12-15H,4-5,7-8H2. The van der Waals surface area contributed by atoms with E-state index in [9.17, 15) is 10.2 Å². The molecule has 0 bridgehead atoms. The third kappa shape index (κ3) is 3.53. The molecule has 1 aliphatic rings. The van der Waals surface area contributed by atoms with Crippen molar-refractivity contribution in [1.82, 2.24) is 5.32 Å². The molecule has 0 aliphatic heterocycles. The highest BCUT2D eigenvalue weighted by Gasteiger charge is 2.21. The van der Waals surface area contributed by atoms with Gasteiger partial charge in [0.25, 0.3) is 0 Å². The van der Waals surface area contributed by atoms with Gasteiger partial charge in [0.2, 0.25) is 0 Å². The van der Waals surface area contributed by atoms with Gasteiger partial charge in [0.05, 0.1) is 6.10 Å². The van der Waals surface area contributed by atoms with Crippen molar-refractivity contribution in [3.63, 3.8) is 0 Å². The van der Waals surface area contributed by atoms with Crippen molar-refractivity contribution in [2.24, 2.45) is 0 Å². The van der Waals surface area contributed by atoms with Crippen molar-refractivity contribution >= 4 is 0 Å². The van der Waals surface area contributed by atoms with Gasteiger partial charge in [-0.2, -0.15) is 0 Å². The van der Waals surface area contributed by atoms with Crippen LogP contribution in [0.25, 0.3) is 0 Å². The smallest absolute Gasteiger partial charge is 0.115 e. The van der Waals surface area contributed by atoms with E-state index in [1.165, 1.54) is 12.8 Å². The first-order valence-electron chi connectivity index (χ1n) is 5.43. The fraction of sp³-hybridized carbons (Fsp3) is 0.500.